The topological polar surface area (TPSA) is 71.2 Å². The summed E-state index contributed by atoms with van der Waals surface area (Å²) < 4.78 is 0. The van der Waals surface area contributed by atoms with E-state index < -0.39 is 5.91 Å². The van der Waals surface area contributed by atoms with E-state index in [2.05, 4.69) is 22.1 Å². The van der Waals surface area contributed by atoms with E-state index in [4.69, 9.17) is 5.73 Å². The van der Waals surface area contributed by atoms with Gasteiger partial charge in [0.1, 0.15) is 5.69 Å². The number of anilines is 1. The van der Waals surface area contributed by atoms with Crippen molar-refractivity contribution in [3.63, 3.8) is 0 Å². The van der Waals surface area contributed by atoms with Gasteiger partial charge in [-0.2, -0.15) is 0 Å². The molecule has 1 atom stereocenters. The van der Waals surface area contributed by atoms with Gasteiger partial charge < -0.3 is 16.0 Å². The van der Waals surface area contributed by atoms with E-state index in [-0.39, 0.29) is 0 Å². The fourth-order valence-corrected chi connectivity index (χ4v) is 2.44. The van der Waals surface area contributed by atoms with Gasteiger partial charge in [0.15, 0.2) is 0 Å². The van der Waals surface area contributed by atoms with Crippen molar-refractivity contribution in [3.8, 4) is 0 Å². The number of pyridine rings is 1. The zero-order chi connectivity index (χ0) is 13.7. The lowest BCUT2D eigenvalue weighted by Crippen LogP contribution is -2.28. The SMILES string of the molecule is CC(CNc1ccnc(C(N)=O)c1)CN1CCCC1. The molecule has 2 heterocycles. The van der Waals surface area contributed by atoms with Crippen molar-refractivity contribution in [3.05, 3.63) is 24.0 Å². The maximum absolute atomic E-state index is 11.0. The molecule has 1 fully saturated rings. The normalized spacial score (nSPS) is 17.3. The highest BCUT2D eigenvalue weighted by atomic mass is 16.1. The quantitative estimate of drug-likeness (QED) is 0.811. The van der Waals surface area contributed by atoms with E-state index in [0.29, 0.717) is 11.6 Å². The second kappa shape index (κ2) is 6.52. The minimum Gasteiger partial charge on any atom is -0.385 e. The van der Waals surface area contributed by atoms with Crippen molar-refractivity contribution in [2.45, 2.75) is 19.8 Å². The van der Waals surface area contributed by atoms with Crippen LogP contribution in [0.1, 0.15) is 30.3 Å². The van der Waals surface area contributed by atoms with Crippen LogP contribution in [-0.2, 0) is 0 Å². The van der Waals surface area contributed by atoms with Crippen LogP contribution in [0.25, 0.3) is 0 Å². The van der Waals surface area contributed by atoms with Crippen LogP contribution in [-0.4, -0.2) is 42.0 Å². The van der Waals surface area contributed by atoms with Gasteiger partial charge in [-0.1, -0.05) is 6.92 Å². The Hall–Kier alpha value is -1.62. The molecule has 3 N–H and O–H groups in total. The van der Waals surface area contributed by atoms with Gasteiger partial charge >= 0.3 is 0 Å². The molecule has 0 spiro atoms. The summed E-state index contributed by atoms with van der Waals surface area (Å²) in [6, 6.07) is 3.56. The lowest BCUT2D eigenvalue weighted by atomic mass is 10.1. The van der Waals surface area contributed by atoms with Gasteiger partial charge in [0.2, 0.25) is 0 Å². The Bertz CT molecular complexity index is 429. The van der Waals surface area contributed by atoms with Crippen LogP contribution < -0.4 is 11.1 Å². The third kappa shape index (κ3) is 4.21. The molecular weight excluding hydrogens is 240 g/mol. The molecule has 0 bridgehead atoms. The zero-order valence-electron chi connectivity index (χ0n) is 11.4. The molecule has 1 aliphatic rings. The fraction of sp³-hybridized carbons (Fsp3) is 0.571. The van der Waals surface area contributed by atoms with Gasteiger partial charge in [-0.25, -0.2) is 0 Å². The zero-order valence-corrected chi connectivity index (χ0v) is 11.4. The van der Waals surface area contributed by atoms with E-state index in [1.807, 2.05) is 6.07 Å². The molecule has 0 saturated carbocycles. The molecule has 1 amide bonds. The number of nitrogens with zero attached hydrogens (tertiary/aromatic N) is 2. The van der Waals surface area contributed by atoms with Crippen LogP contribution in [0.15, 0.2) is 18.3 Å². The molecule has 5 heteroatoms. The first-order chi connectivity index (χ1) is 9.15. The largest absolute Gasteiger partial charge is 0.385 e. The maximum Gasteiger partial charge on any atom is 0.267 e. The van der Waals surface area contributed by atoms with Crippen LogP contribution in [0, 0.1) is 5.92 Å². The smallest absolute Gasteiger partial charge is 0.267 e. The van der Waals surface area contributed by atoms with Gasteiger partial charge in [-0.05, 0) is 44.0 Å². The molecule has 0 aliphatic carbocycles. The first kappa shape index (κ1) is 13.8. The van der Waals surface area contributed by atoms with Gasteiger partial charge in [-0.3, -0.25) is 9.78 Å². The van der Waals surface area contributed by atoms with Crippen LogP contribution >= 0.6 is 0 Å². The maximum atomic E-state index is 11.0. The summed E-state index contributed by atoms with van der Waals surface area (Å²) in [7, 11) is 0. The monoisotopic (exact) mass is 262 g/mol. The van der Waals surface area contributed by atoms with Gasteiger partial charge in [0, 0.05) is 25.0 Å². The summed E-state index contributed by atoms with van der Waals surface area (Å²) in [4.78, 5) is 17.5. The Balaban J connectivity index is 1.80. The average molecular weight is 262 g/mol. The Morgan fingerprint density at radius 1 is 1.53 bits per heavy atom. The number of hydrogen-bond acceptors (Lipinski definition) is 4. The summed E-state index contributed by atoms with van der Waals surface area (Å²) in [6.07, 6.45) is 4.26. The summed E-state index contributed by atoms with van der Waals surface area (Å²) in [6.45, 7) is 6.71. The highest BCUT2D eigenvalue weighted by molar-refractivity contribution is 5.91. The number of amides is 1. The summed E-state index contributed by atoms with van der Waals surface area (Å²) >= 11 is 0. The van der Waals surface area contributed by atoms with E-state index in [1.165, 1.54) is 25.9 Å². The molecule has 1 unspecified atom stereocenters. The second-order valence-corrected chi connectivity index (χ2v) is 5.29. The van der Waals surface area contributed by atoms with Crippen molar-refractivity contribution in [2.24, 2.45) is 11.7 Å². The minimum absolute atomic E-state index is 0.303. The van der Waals surface area contributed by atoms with Crippen LogP contribution in [0.4, 0.5) is 5.69 Å². The molecule has 104 valence electrons. The Morgan fingerprint density at radius 3 is 2.95 bits per heavy atom. The van der Waals surface area contributed by atoms with Crippen molar-refractivity contribution in [2.75, 3.05) is 31.5 Å². The number of carbonyl (C=O) groups excluding carboxylic acids is 1. The molecule has 0 radical (unpaired) electrons. The Morgan fingerprint density at radius 2 is 2.26 bits per heavy atom. The molecule has 1 aliphatic heterocycles. The highest BCUT2D eigenvalue weighted by Crippen LogP contribution is 2.12. The highest BCUT2D eigenvalue weighted by Gasteiger charge is 2.14. The third-order valence-corrected chi connectivity index (χ3v) is 3.44. The van der Waals surface area contributed by atoms with Crippen molar-refractivity contribution < 1.29 is 4.79 Å². The molecule has 1 aromatic rings. The Labute approximate surface area is 114 Å². The number of rotatable bonds is 6. The standard InChI is InChI=1S/C14H22N4O/c1-11(10-18-6-2-3-7-18)9-17-12-4-5-16-13(8-12)14(15)19/h4-5,8,11H,2-3,6-7,9-10H2,1H3,(H2,15,19)(H,16,17). The first-order valence-electron chi connectivity index (χ1n) is 6.87. The van der Waals surface area contributed by atoms with Crippen molar-refractivity contribution in [1.82, 2.24) is 9.88 Å². The summed E-state index contributed by atoms with van der Waals surface area (Å²) in [5, 5.41) is 3.34. The predicted molar refractivity (Wildman–Crippen MR) is 76.1 cm³/mol. The number of carbonyl (C=O) groups is 1. The predicted octanol–water partition coefficient (Wildman–Crippen LogP) is 1.32. The van der Waals surface area contributed by atoms with Crippen LogP contribution in [0.2, 0.25) is 0 Å². The van der Waals surface area contributed by atoms with Crippen LogP contribution in [0.5, 0.6) is 0 Å². The van der Waals surface area contributed by atoms with Crippen LogP contribution in [0.3, 0.4) is 0 Å². The first-order valence-corrected chi connectivity index (χ1v) is 6.87. The van der Waals surface area contributed by atoms with Crippen molar-refractivity contribution >= 4 is 11.6 Å². The fourth-order valence-electron chi connectivity index (χ4n) is 2.44. The number of aromatic nitrogens is 1. The second-order valence-electron chi connectivity index (χ2n) is 5.29. The Kier molecular flexibility index (Phi) is 4.74. The van der Waals surface area contributed by atoms with Gasteiger partial charge in [0.05, 0.1) is 0 Å². The van der Waals surface area contributed by atoms with E-state index in [0.717, 1.165) is 18.8 Å². The molecule has 0 aromatic carbocycles. The molecule has 1 aromatic heterocycles. The van der Waals surface area contributed by atoms with E-state index in [9.17, 15) is 4.79 Å². The van der Waals surface area contributed by atoms with Gasteiger partial charge in [0.25, 0.3) is 5.91 Å². The summed E-state index contributed by atoms with van der Waals surface area (Å²) in [5.74, 6) is 0.0806. The summed E-state index contributed by atoms with van der Waals surface area (Å²) in [5.41, 5.74) is 6.41. The molecule has 5 nitrogen and oxygen atoms in total. The van der Waals surface area contributed by atoms with Crippen molar-refractivity contribution in [1.29, 1.82) is 0 Å². The lowest BCUT2D eigenvalue weighted by Gasteiger charge is -2.20. The number of primary amides is 1. The molecule has 2 rings (SSSR count). The number of nitrogens with one attached hydrogen (secondary N) is 1. The number of nitrogens with two attached hydrogens (primary N) is 1. The number of likely N-dealkylation sites (tertiary alicyclic amines) is 1. The number of hydrogen-bond donors (Lipinski definition) is 2. The average Bonchev–Trinajstić information content (AvgIpc) is 2.89. The lowest BCUT2D eigenvalue weighted by molar-refractivity contribution is 0.0995. The molecule has 1 saturated heterocycles. The van der Waals surface area contributed by atoms with E-state index >= 15 is 0 Å². The van der Waals surface area contributed by atoms with Gasteiger partial charge in [-0.15, -0.1) is 0 Å². The molecular formula is C14H22N4O. The van der Waals surface area contributed by atoms with E-state index in [1.54, 1.807) is 12.3 Å². The minimum atomic E-state index is -0.492. The third-order valence-electron chi connectivity index (χ3n) is 3.44. The molecule has 19 heavy (non-hydrogen) atoms.